The van der Waals surface area contributed by atoms with Gasteiger partial charge in [-0.2, -0.15) is 0 Å². The lowest BCUT2D eigenvalue weighted by Gasteiger charge is -2.36. The largest absolute Gasteiger partial charge is 0.483 e. The minimum absolute atomic E-state index is 0.00131. The number of ether oxygens (including phenoxy) is 1. The van der Waals surface area contributed by atoms with Crippen LogP contribution in [-0.2, 0) is 11.2 Å². The van der Waals surface area contributed by atoms with E-state index in [1.54, 1.807) is 17.0 Å². The molecular weight excluding hydrogens is 359 g/mol. The lowest BCUT2D eigenvalue weighted by molar-refractivity contribution is -0.133. The number of Topliss-reactive ketones (excluding diaryl/α,β-unsaturated/α-hetero) is 1. The fraction of sp³-hybridized carbons (Fsp3) is 0.364. The fourth-order valence-corrected chi connectivity index (χ4v) is 3.35. The number of aryl methyl sites for hydroxylation is 1. The van der Waals surface area contributed by atoms with E-state index in [0.29, 0.717) is 37.4 Å². The Balaban J connectivity index is 1.55. The van der Waals surface area contributed by atoms with Crippen LogP contribution in [0.15, 0.2) is 42.5 Å². The van der Waals surface area contributed by atoms with E-state index in [1.165, 1.54) is 13.0 Å². The molecule has 0 radical (unpaired) electrons. The zero-order valence-electron chi connectivity index (χ0n) is 16.3. The van der Waals surface area contributed by atoms with Gasteiger partial charge in [-0.05, 0) is 43.2 Å². The second kappa shape index (κ2) is 8.87. The Bertz CT molecular complexity index is 861. The number of hydrogen-bond donors (Lipinski definition) is 0. The quantitative estimate of drug-likeness (QED) is 0.717. The molecule has 2 aromatic carbocycles. The average molecular weight is 384 g/mol. The predicted octanol–water partition coefficient (Wildman–Crippen LogP) is 3.32. The van der Waals surface area contributed by atoms with Crippen LogP contribution < -0.4 is 9.64 Å². The van der Waals surface area contributed by atoms with Gasteiger partial charge in [0.2, 0.25) is 0 Å². The summed E-state index contributed by atoms with van der Waals surface area (Å²) in [4.78, 5) is 27.5. The van der Waals surface area contributed by atoms with Crippen LogP contribution in [0.3, 0.4) is 0 Å². The Morgan fingerprint density at radius 2 is 1.79 bits per heavy atom. The number of amides is 1. The summed E-state index contributed by atoms with van der Waals surface area (Å²) in [5.74, 6) is 0.0973. The molecule has 0 bridgehead atoms. The van der Waals surface area contributed by atoms with Crippen LogP contribution in [0.4, 0.5) is 10.1 Å². The molecule has 1 saturated heterocycles. The van der Waals surface area contributed by atoms with Gasteiger partial charge in [-0.15, -0.1) is 0 Å². The average Bonchev–Trinajstić information content (AvgIpc) is 2.72. The van der Waals surface area contributed by atoms with Crippen LogP contribution in [0, 0.1) is 5.82 Å². The Morgan fingerprint density at radius 3 is 2.43 bits per heavy atom. The first-order valence-electron chi connectivity index (χ1n) is 9.53. The smallest absolute Gasteiger partial charge is 0.260 e. The van der Waals surface area contributed by atoms with Crippen LogP contribution >= 0.6 is 0 Å². The number of para-hydroxylation sites is 1. The van der Waals surface area contributed by atoms with Crippen LogP contribution in [-0.4, -0.2) is 49.4 Å². The lowest BCUT2D eigenvalue weighted by atomic mass is 10.1. The molecule has 0 unspecified atom stereocenters. The second-order valence-electron chi connectivity index (χ2n) is 6.84. The number of nitrogens with zero attached hydrogens (tertiary/aromatic N) is 2. The van der Waals surface area contributed by atoms with Crippen molar-refractivity contribution in [2.24, 2.45) is 0 Å². The van der Waals surface area contributed by atoms with E-state index in [0.717, 1.165) is 17.7 Å². The number of benzene rings is 2. The molecular formula is C22H25FN2O3. The highest BCUT2D eigenvalue weighted by Crippen LogP contribution is 2.23. The Labute approximate surface area is 164 Å². The Kier molecular flexibility index (Phi) is 6.29. The van der Waals surface area contributed by atoms with E-state index in [1.807, 2.05) is 36.1 Å². The molecule has 1 amide bonds. The van der Waals surface area contributed by atoms with Gasteiger partial charge in [0, 0.05) is 31.7 Å². The topological polar surface area (TPSA) is 49.9 Å². The van der Waals surface area contributed by atoms with E-state index in [9.17, 15) is 14.0 Å². The fourth-order valence-electron chi connectivity index (χ4n) is 3.35. The highest BCUT2D eigenvalue weighted by molar-refractivity contribution is 5.94. The predicted molar refractivity (Wildman–Crippen MR) is 107 cm³/mol. The van der Waals surface area contributed by atoms with Gasteiger partial charge in [-0.1, -0.05) is 25.1 Å². The summed E-state index contributed by atoms with van der Waals surface area (Å²) in [6.45, 7) is 5.54. The Morgan fingerprint density at radius 1 is 1.07 bits per heavy atom. The van der Waals surface area contributed by atoms with Gasteiger partial charge < -0.3 is 14.5 Å². The van der Waals surface area contributed by atoms with Gasteiger partial charge in [0.1, 0.15) is 11.6 Å². The van der Waals surface area contributed by atoms with E-state index in [4.69, 9.17) is 4.74 Å². The van der Waals surface area contributed by atoms with Crippen LogP contribution in [0.25, 0.3) is 0 Å². The Hall–Kier alpha value is -2.89. The van der Waals surface area contributed by atoms with Crippen molar-refractivity contribution in [1.29, 1.82) is 0 Å². The number of ketones is 1. The number of rotatable bonds is 6. The molecule has 5 nitrogen and oxygen atoms in total. The molecule has 1 heterocycles. The highest BCUT2D eigenvalue weighted by Gasteiger charge is 2.23. The molecule has 0 aliphatic carbocycles. The first-order chi connectivity index (χ1) is 13.5. The molecule has 1 aliphatic heterocycles. The first kappa shape index (κ1) is 19.9. The summed E-state index contributed by atoms with van der Waals surface area (Å²) in [7, 11) is 0. The summed E-state index contributed by atoms with van der Waals surface area (Å²) in [5.41, 5.74) is 1.90. The van der Waals surface area contributed by atoms with Gasteiger partial charge in [0.25, 0.3) is 5.91 Å². The second-order valence-corrected chi connectivity index (χ2v) is 6.84. The number of carbonyl (C=O) groups excluding carboxylic acids is 2. The van der Waals surface area contributed by atoms with Crippen LogP contribution in [0.1, 0.15) is 29.8 Å². The molecule has 1 aliphatic rings. The van der Waals surface area contributed by atoms with Crippen molar-refractivity contribution < 1.29 is 18.7 Å². The molecule has 1 fully saturated rings. The molecule has 148 valence electrons. The molecule has 0 N–H and O–H groups in total. The van der Waals surface area contributed by atoms with Crippen molar-refractivity contribution in [2.45, 2.75) is 20.3 Å². The number of carbonyl (C=O) groups is 2. The van der Waals surface area contributed by atoms with E-state index in [2.05, 4.69) is 0 Å². The monoisotopic (exact) mass is 384 g/mol. The third kappa shape index (κ3) is 4.50. The summed E-state index contributed by atoms with van der Waals surface area (Å²) in [5, 5.41) is 0. The van der Waals surface area contributed by atoms with Crippen LogP contribution in [0.5, 0.6) is 5.75 Å². The summed E-state index contributed by atoms with van der Waals surface area (Å²) in [6.07, 6.45) is 0.844. The summed E-state index contributed by atoms with van der Waals surface area (Å²) in [6, 6.07) is 12.3. The molecule has 2 aromatic rings. The van der Waals surface area contributed by atoms with Gasteiger partial charge in [0.05, 0.1) is 5.69 Å². The minimum atomic E-state index is -0.410. The molecule has 0 spiro atoms. The van der Waals surface area contributed by atoms with Crippen molar-refractivity contribution in [2.75, 3.05) is 37.7 Å². The molecule has 0 aromatic heterocycles. The standard InChI is InChI=1S/C22H25FN2O3/c1-3-17-6-4-5-7-21(17)28-15-22(27)25-12-10-24(11-13-25)20-9-8-18(16(2)26)14-19(20)23/h4-9,14H,3,10-13,15H2,1-2H3. The number of halogens is 1. The molecule has 0 atom stereocenters. The molecule has 28 heavy (non-hydrogen) atoms. The normalized spacial score (nSPS) is 14.1. The molecule has 0 saturated carbocycles. The van der Waals surface area contributed by atoms with Gasteiger partial charge in [-0.3, -0.25) is 9.59 Å². The minimum Gasteiger partial charge on any atom is -0.483 e. The van der Waals surface area contributed by atoms with Crippen LogP contribution in [0.2, 0.25) is 0 Å². The van der Waals surface area contributed by atoms with Gasteiger partial charge in [-0.25, -0.2) is 4.39 Å². The van der Waals surface area contributed by atoms with Crippen molar-refractivity contribution in [1.82, 2.24) is 4.90 Å². The van der Waals surface area contributed by atoms with E-state index >= 15 is 0 Å². The highest BCUT2D eigenvalue weighted by atomic mass is 19.1. The number of anilines is 1. The number of piperazine rings is 1. The maximum atomic E-state index is 14.3. The SMILES string of the molecule is CCc1ccccc1OCC(=O)N1CCN(c2ccc(C(C)=O)cc2F)CC1. The van der Waals surface area contributed by atoms with E-state index < -0.39 is 5.82 Å². The van der Waals surface area contributed by atoms with Gasteiger partial charge in [0.15, 0.2) is 12.4 Å². The van der Waals surface area contributed by atoms with Crippen molar-refractivity contribution in [3.8, 4) is 5.75 Å². The molecule has 3 rings (SSSR count). The van der Waals surface area contributed by atoms with Crippen molar-refractivity contribution in [3.63, 3.8) is 0 Å². The lowest BCUT2D eigenvalue weighted by Crippen LogP contribution is -2.50. The third-order valence-electron chi connectivity index (χ3n) is 5.03. The first-order valence-corrected chi connectivity index (χ1v) is 9.53. The summed E-state index contributed by atoms with van der Waals surface area (Å²) >= 11 is 0. The maximum Gasteiger partial charge on any atom is 0.260 e. The third-order valence-corrected chi connectivity index (χ3v) is 5.03. The van der Waals surface area contributed by atoms with Crippen molar-refractivity contribution >= 4 is 17.4 Å². The van der Waals surface area contributed by atoms with Gasteiger partial charge >= 0.3 is 0 Å². The van der Waals surface area contributed by atoms with E-state index in [-0.39, 0.29) is 18.3 Å². The zero-order valence-corrected chi connectivity index (χ0v) is 16.3. The van der Waals surface area contributed by atoms with Crippen molar-refractivity contribution in [3.05, 3.63) is 59.4 Å². The maximum absolute atomic E-state index is 14.3. The molecule has 6 heteroatoms. The number of hydrogen-bond acceptors (Lipinski definition) is 4. The summed E-state index contributed by atoms with van der Waals surface area (Å²) < 4.78 is 20.0. The zero-order chi connectivity index (χ0) is 20.1.